The molecule has 0 radical (unpaired) electrons. The molecule has 9 nitrogen and oxygen atoms in total. The van der Waals surface area contributed by atoms with Crippen LogP contribution in [-0.4, -0.2) is 42.7 Å². The second-order valence-corrected chi connectivity index (χ2v) is 10.8. The number of aliphatic hydroxyl groups is 1. The maximum atomic E-state index is 14.6. The minimum Gasteiger partial charge on any atom is -0.393 e. The Morgan fingerprint density at radius 1 is 1.22 bits per heavy atom. The van der Waals surface area contributed by atoms with Gasteiger partial charge in [-0.2, -0.15) is 4.98 Å². The Bertz CT molecular complexity index is 1300. The second kappa shape index (κ2) is 10.0. The number of amides is 1. The molecule has 0 aliphatic heterocycles. The molecule has 2 atom stereocenters. The zero-order valence-corrected chi connectivity index (χ0v) is 21.2. The average molecular weight is 534 g/mol. The number of aromatic nitrogens is 4. The van der Waals surface area contributed by atoms with Crippen LogP contribution in [0.15, 0.2) is 18.3 Å². The van der Waals surface area contributed by atoms with Crippen molar-refractivity contribution in [3.63, 3.8) is 0 Å². The number of benzene rings is 1. The van der Waals surface area contributed by atoms with Gasteiger partial charge < -0.3 is 21.5 Å². The number of hydrogen-bond donors (Lipinski definition) is 4. The summed E-state index contributed by atoms with van der Waals surface area (Å²) in [6, 6.07) is 1.72. The van der Waals surface area contributed by atoms with Crippen molar-refractivity contribution >= 4 is 46.3 Å². The number of anilines is 3. The number of fused-ring (bicyclic) bond motifs is 1. The molecule has 0 unspecified atom stereocenters. The molecule has 2 aliphatic rings. The lowest BCUT2D eigenvalue weighted by atomic mass is 9.73. The highest BCUT2D eigenvalue weighted by Gasteiger charge is 2.38. The van der Waals surface area contributed by atoms with Gasteiger partial charge in [0.25, 0.3) is 0 Å². The third-order valence-corrected chi connectivity index (χ3v) is 7.97. The predicted octanol–water partition coefficient (Wildman–Crippen LogP) is 4.82. The summed E-state index contributed by atoms with van der Waals surface area (Å²) in [5, 5.41) is 16.2. The molecule has 12 heteroatoms. The lowest BCUT2D eigenvalue weighted by Gasteiger charge is -2.35. The third kappa shape index (κ3) is 5.19. The van der Waals surface area contributed by atoms with E-state index in [9.17, 15) is 18.7 Å². The molecule has 2 heterocycles. The molecule has 198 valence electrons. The molecule has 1 aromatic carbocycles. The third-order valence-electron chi connectivity index (χ3n) is 7.67. The number of halogens is 3. The number of carbonyl (C=O) groups excluding carboxylic acids is 1. The summed E-state index contributed by atoms with van der Waals surface area (Å²) in [5.41, 5.74) is 5.97. The SMILES string of the molecule is C[C@]1(C(N)=O)CC[C@@H](n2c(Nc3c(F)cc(F)cc3Cl)nc3cnc(N[C@@H]4CCC[C@@H](O)C4)nc32)CC1. The first-order valence-corrected chi connectivity index (χ1v) is 12.9. The summed E-state index contributed by atoms with van der Waals surface area (Å²) in [5.74, 6) is -1.27. The lowest BCUT2D eigenvalue weighted by molar-refractivity contribution is -0.128. The summed E-state index contributed by atoms with van der Waals surface area (Å²) in [6.07, 6.45) is 6.86. The summed E-state index contributed by atoms with van der Waals surface area (Å²) in [4.78, 5) is 25.8. The number of carbonyl (C=O) groups is 1. The van der Waals surface area contributed by atoms with Crippen LogP contribution in [0.4, 0.5) is 26.4 Å². The quantitative estimate of drug-likeness (QED) is 0.357. The van der Waals surface area contributed by atoms with E-state index in [1.54, 1.807) is 6.20 Å². The van der Waals surface area contributed by atoms with Crippen LogP contribution < -0.4 is 16.4 Å². The number of primary amides is 1. The van der Waals surface area contributed by atoms with Crippen molar-refractivity contribution < 1.29 is 18.7 Å². The predicted molar refractivity (Wildman–Crippen MR) is 137 cm³/mol. The fraction of sp³-hybridized carbons (Fsp3) is 0.520. The topological polar surface area (TPSA) is 131 Å². The summed E-state index contributed by atoms with van der Waals surface area (Å²) >= 11 is 6.15. The van der Waals surface area contributed by atoms with Gasteiger partial charge in [-0.15, -0.1) is 0 Å². The van der Waals surface area contributed by atoms with Crippen molar-refractivity contribution in [1.82, 2.24) is 19.5 Å². The van der Waals surface area contributed by atoms with Crippen LogP contribution in [0, 0.1) is 17.0 Å². The van der Waals surface area contributed by atoms with Crippen LogP contribution in [0.1, 0.15) is 64.3 Å². The van der Waals surface area contributed by atoms with Gasteiger partial charge in [-0.3, -0.25) is 9.36 Å². The Kier molecular flexibility index (Phi) is 6.93. The van der Waals surface area contributed by atoms with Crippen LogP contribution in [-0.2, 0) is 4.79 Å². The Morgan fingerprint density at radius 3 is 2.65 bits per heavy atom. The van der Waals surface area contributed by atoms with Gasteiger partial charge in [0.05, 0.1) is 23.0 Å². The number of hydrogen-bond acceptors (Lipinski definition) is 7. The minimum atomic E-state index is -0.849. The molecule has 0 bridgehead atoms. The van der Waals surface area contributed by atoms with Crippen molar-refractivity contribution in [2.75, 3.05) is 10.6 Å². The van der Waals surface area contributed by atoms with E-state index in [0.717, 1.165) is 31.4 Å². The average Bonchev–Trinajstić information content (AvgIpc) is 3.19. The van der Waals surface area contributed by atoms with Crippen molar-refractivity contribution in [2.45, 2.75) is 76.5 Å². The smallest absolute Gasteiger partial charge is 0.224 e. The first-order valence-electron chi connectivity index (χ1n) is 12.5. The van der Waals surface area contributed by atoms with Gasteiger partial charge in [-0.05, 0) is 57.4 Å². The van der Waals surface area contributed by atoms with E-state index in [-0.39, 0.29) is 40.8 Å². The summed E-state index contributed by atoms with van der Waals surface area (Å²) in [6.45, 7) is 1.87. The van der Waals surface area contributed by atoms with Crippen LogP contribution in [0.25, 0.3) is 11.2 Å². The fourth-order valence-electron chi connectivity index (χ4n) is 5.39. The number of nitrogens with zero attached hydrogens (tertiary/aromatic N) is 4. The molecular weight excluding hydrogens is 504 g/mol. The Hall–Kier alpha value is -3.05. The molecular formula is C25H30ClF2N7O2. The molecule has 0 spiro atoms. The van der Waals surface area contributed by atoms with Crippen LogP contribution in [0.3, 0.4) is 0 Å². The van der Waals surface area contributed by atoms with Gasteiger partial charge in [0, 0.05) is 23.6 Å². The number of aliphatic hydroxyl groups excluding tert-OH is 1. The van der Waals surface area contributed by atoms with Crippen LogP contribution in [0.2, 0.25) is 5.02 Å². The monoisotopic (exact) mass is 533 g/mol. The molecule has 0 saturated heterocycles. The highest BCUT2D eigenvalue weighted by Crippen LogP contribution is 2.43. The zero-order valence-electron chi connectivity index (χ0n) is 20.5. The molecule has 2 saturated carbocycles. The maximum Gasteiger partial charge on any atom is 0.224 e. The van der Waals surface area contributed by atoms with Crippen molar-refractivity contribution in [3.8, 4) is 0 Å². The van der Waals surface area contributed by atoms with E-state index < -0.39 is 17.0 Å². The van der Waals surface area contributed by atoms with E-state index in [0.29, 0.717) is 49.2 Å². The fourth-order valence-corrected chi connectivity index (χ4v) is 5.63. The molecule has 1 amide bonds. The highest BCUT2D eigenvalue weighted by molar-refractivity contribution is 6.33. The number of rotatable bonds is 6. The standard InChI is InChI=1S/C25H30ClF2N7O2/c1-25(22(29)37)7-5-15(6-8-25)35-21-19(12-30-23(34-21)31-14-3-2-4-16(36)11-14)32-24(35)33-20-17(26)9-13(27)10-18(20)28/h9-10,12,14-16,36H,2-8,11H2,1H3,(H2,29,37)(H,32,33)(H,30,31,34)/t14-,15-,16-,25+/m1/s1. The van der Waals surface area contributed by atoms with Crippen molar-refractivity contribution in [2.24, 2.45) is 11.1 Å². The van der Waals surface area contributed by atoms with Gasteiger partial charge in [0.15, 0.2) is 11.5 Å². The Labute approximate surface area is 217 Å². The lowest BCUT2D eigenvalue weighted by Crippen LogP contribution is -2.38. The van der Waals surface area contributed by atoms with Crippen LogP contribution >= 0.6 is 11.6 Å². The normalized spacial score (nSPS) is 26.2. The largest absolute Gasteiger partial charge is 0.393 e. The van der Waals surface area contributed by atoms with E-state index in [1.165, 1.54) is 0 Å². The first-order chi connectivity index (χ1) is 17.6. The van der Waals surface area contributed by atoms with Gasteiger partial charge in [0.1, 0.15) is 11.3 Å². The van der Waals surface area contributed by atoms with Gasteiger partial charge >= 0.3 is 0 Å². The Balaban J connectivity index is 1.52. The van der Waals surface area contributed by atoms with Gasteiger partial charge in [-0.1, -0.05) is 18.5 Å². The van der Waals surface area contributed by atoms with Crippen molar-refractivity contribution in [1.29, 1.82) is 0 Å². The second-order valence-electron chi connectivity index (χ2n) is 10.4. The number of nitrogens with one attached hydrogen (secondary N) is 2. The molecule has 2 aliphatic carbocycles. The van der Waals surface area contributed by atoms with Gasteiger partial charge in [0.2, 0.25) is 17.8 Å². The van der Waals surface area contributed by atoms with Crippen molar-refractivity contribution in [3.05, 3.63) is 35.0 Å². The molecule has 3 aromatic rings. The van der Waals surface area contributed by atoms with E-state index >= 15 is 0 Å². The summed E-state index contributed by atoms with van der Waals surface area (Å²) < 4.78 is 30.1. The van der Waals surface area contributed by atoms with E-state index in [4.69, 9.17) is 22.3 Å². The molecule has 37 heavy (non-hydrogen) atoms. The number of nitrogens with two attached hydrogens (primary N) is 1. The molecule has 2 aromatic heterocycles. The minimum absolute atomic E-state index is 0.0493. The van der Waals surface area contributed by atoms with Gasteiger partial charge in [-0.25, -0.2) is 18.7 Å². The van der Waals surface area contributed by atoms with E-state index in [1.807, 2.05) is 11.5 Å². The molecule has 2 fully saturated rings. The van der Waals surface area contributed by atoms with E-state index in [2.05, 4.69) is 20.6 Å². The highest BCUT2D eigenvalue weighted by atomic mass is 35.5. The van der Waals surface area contributed by atoms with Crippen LogP contribution in [0.5, 0.6) is 0 Å². The summed E-state index contributed by atoms with van der Waals surface area (Å²) in [7, 11) is 0. The number of imidazole rings is 1. The zero-order chi connectivity index (χ0) is 26.3. The maximum absolute atomic E-state index is 14.6. The first kappa shape index (κ1) is 25.6. The molecule has 5 N–H and O–H groups in total. The molecule has 5 rings (SSSR count). The Morgan fingerprint density at radius 2 is 1.97 bits per heavy atom.